The predicted octanol–water partition coefficient (Wildman–Crippen LogP) is 6.19. The smallest absolute Gasteiger partial charge is 0.250 e. The molecule has 0 bridgehead atoms. The Morgan fingerprint density at radius 2 is 1.66 bits per heavy atom. The first-order chi connectivity index (χ1) is 18.1. The number of carbonyl (C=O) groups excluding carboxylic acids is 1. The molecule has 7 heteroatoms. The molecular formula is C31H35N3O3S. The summed E-state index contributed by atoms with van der Waals surface area (Å²) in [6.07, 6.45) is 4.34. The minimum Gasteiger partial charge on any atom is -0.366 e. The minimum absolute atomic E-state index is 0.00866. The fourth-order valence-corrected chi connectivity index (χ4v) is 6.89. The number of carbonyl (C=O) groups is 1. The zero-order chi connectivity index (χ0) is 27.1. The lowest BCUT2D eigenvalue weighted by atomic mass is 9.82. The Morgan fingerprint density at radius 1 is 1.00 bits per heavy atom. The number of nitrogens with one attached hydrogen (secondary N) is 1. The van der Waals surface area contributed by atoms with Crippen molar-refractivity contribution < 1.29 is 13.2 Å². The van der Waals surface area contributed by atoms with Crippen molar-refractivity contribution in [2.45, 2.75) is 56.3 Å². The molecule has 1 aliphatic heterocycles. The van der Waals surface area contributed by atoms with E-state index in [-0.39, 0.29) is 11.3 Å². The molecule has 1 aliphatic rings. The number of aromatic amines is 1. The number of sulfonamides is 1. The molecule has 1 fully saturated rings. The first-order valence-corrected chi connectivity index (χ1v) is 14.7. The van der Waals surface area contributed by atoms with E-state index in [1.165, 1.54) is 0 Å². The Balaban J connectivity index is 1.39. The molecule has 198 valence electrons. The van der Waals surface area contributed by atoms with Gasteiger partial charge in [0.1, 0.15) is 0 Å². The number of hydrogen-bond acceptors (Lipinski definition) is 3. The van der Waals surface area contributed by atoms with E-state index < -0.39 is 15.9 Å². The van der Waals surface area contributed by atoms with Gasteiger partial charge in [0.25, 0.3) is 5.91 Å². The topological polar surface area (TPSA) is 96.3 Å². The lowest BCUT2D eigenvalue weighted by molar-refractivity contribution is 0.100. The van der Waals surface area contributed by atoms with E-state index in [0.29, 0.717) is 36.4 Å². The van der Waals surface area contributed by atoms with Crippen LogP contribution in [0.4, 0.5) is 0 Å². The van der Waals surface area contributed by atoms with Crippen LogP contribution in [0, 0.1) is 0 Å². The molecule has 2 heterocycles. The van der Waals surface area contributed by atoms with Gasteiger partial charge in [-0.25, -0.2) is 8.42 Å². The lowest BCUT2D eigenvalue weighted by Gasteiger charge is -2.31. The number of benzene rings is 3. The van der Waals surface area contributed by atoms with Crippen LogP contribution in [0.3, 0.4) is 0 Å². The van der Waals surface area contributed by atoms with Crippen LogP contribution in [-0.4, -0.2) is 36.7 Å². The molecule has 0 aliphatic carbocycles. The number of primary amides is 1. The van der Waals surface area contributed by atoms with Gasteiger partial charge in [0, 0.05) is 24.7 Å². The Hall–Kier alpha value is -3.42. The van der Waals surface area contributed by atoms with Crippen molar-refractivity contribution in [2.75, 3.05) is 13.1 Å². The average Bonchev–Trinajstić information content (AvgIpc) is 3.37. The third kappa shape index (κ3) is 4.76. The van der Waals surface area contributed by atoms with Crippen LogP contribution in [0.5, 0.6) is 0 Å². The van der Waals surface area contributed by atoms with Gasteiger partial charge in [-0.05, 0) is 77.1 Å². The van der Waals surface area contributed by atoms with Crippen molar-refractivity contribution in [3.05, 3.63) is 89.6 Å². The maximum Gasteiger partial charge on any atom is 0.250 e. The predicted molar refractivity (Wildman–Crippen MR) is 153 cm³/mol. The molecule has 0 unspecified atom stereocenters. The third-order valence-corrected chi connectivity index (χ3v) is 10.2. The molecule has 5 rings (SSSR count). The van der Waals surface area contributed by atoms with Crippen LogP contribution in [0.15, 0.2) is 77.8 Å². The highest BCUT2D eigenvalue weighted by Crippen LogP contribution is 2.38. The lowest BCUT2D eigenvalue weighted by Crippen LogP contribution is -2.37. The number of nitrogens with two attached hydrogens (primary N) is 1. The second-order valence-corrected chi connectivity index (χ2v) is 12.8. The molecule has 6 nitrogen and oxygen atoms in total. The second-order valence-electron chi connectivity index (χ2n) is 10.9. The van der Waals surface area contributed by atoms with E-state index in [2.05, 4.69) is 31.8 Å². The fraction of sp³-hybridized carbons (Fsp3) is 0.323. The summed E-state index contributed by atoms with van der Waals surface area (Å²) >= 11 is 0. The number of nitrogens with zero attached hydrogens (tertiary/aromatic N) is 1. The van der Waals surface area contributed by atoms with Gasteiger partial charge in [0.05, 0.1) is 16.0 Å². The highest BCUT2D eigenvalue weighted by atomic mass is 32.2. The van der Waals surface area contributed by atoms with Crippen LogP contribution in [0.2, 0.25) is 0 Å². The molecule has 3 aromatic carbocycles. The summed E-state index contributed by atoms with van der Waals surface area (Å²) in [6, 6.07) is 21.2. The van der Waals surface area contributed by atoms with Crippen molar-refractivity contribution in [2.24, 2.45) is 5.73 Å². The van der Waals surface area contributed by atoms with E-state index in [4.69, 9.17) is 5.73 Å². The molecule has 4 aromatic rings. The maximum absolute atomic E-state index is 13.4. The van der Waals surface area contributed by atoms with Gasteiger partial charge in [-0.3, -0.25) is 4.79 Å². The van der Waals surface area contributed by atoms with E-state index >= 15 is 0 Å². The number of piperidine rings is 1. The molecular weight excluding hydrogens is 494 g/mol. The molecule has 0 radical (unpaired) electrons. The Morgan fingerprint density at radius 3 is 2.26 bits per heavy atom. The van der Waals surface area contributed by atoms with Gasteiger partial charge in [0.2, 0.25) is 10.0 Å². The van der Waals surface area contributed by atoms with Crippen LogP contribution in [-0.2, 0) is 15.4 Å². The van der Waals surface area contributed by atoms with E-state index in [1.807, 2.05) is 54.7 Å². The highest BCUT2D eigenvalue weighted by Gasteiger charge is 2.31. The molecule has 1 aromatic heterocycles. The molecule has 3 N–H and O–H groups in total. The Bertz CT molecular complexity index is 1560. The summed E-state index contributed by atoms with van der Waals surface area (Å²) in [4.78, 5) is 15.9. The van der Waals surface area contributed by atoms with Gasteiger partial charge in [0.15, 0.2) is 0 Å². The Labute approximate surface area is 224 Å². The van der Waals surface area contributed by atoms with Crippen molar-refractivity contribution in [1.82, 2.24) is 9.29 Å². The van der Waals surface area contributed by atoms with E-state index in [9.17, 15) is 13.2 Å². The van der Waals surface area contributed by atoms with Gasteiger partial charge in [-0.1, -0.05) is 63.2 Å². The third-order valence-electron chi connectivity index (χ3n) is 8.25. The molecule has 0 saturated carbocycles. The van der Waals surface area contributed by atoms with Gasteiger partial charge < -0.3 is 10.7 Å². The Kier molecular flexibility index (Phi) is 6.92. The zero-order valence-corrected chi connectivity index (χ0v) is 23.0. The number of amides is 1. The van der Waals surface area contributed by atoms with Crippen LogP contribution in [0.25, 0.3) is 22.0 Å². The molecule has 0 atom stereocenters. The van der Waals surface area contributed by atoms with Crippen molar-refractivity contribution in [3.8, 4) is 11.1 Å². The first kappa shape index (κ1) is 26.2. The number of aromatic nitrogens is 1. The summed E-state index contributed by atoms with van der Waals surface area (Å²) < 4.78 is 28.4. The maximum atomic E-state index is 13.4. The summed E-state index contributed by atoms with van der Waals surface area (Å²) in [5.74, 6) is -0.301. The van der Waals surface area contributed by atoms with Crippen molar-refractivity contribution in [1.29, 1.82) is 0 Å². The largest absolute Gasteiger partial charge is 0.366 e. The van der Waals surface area contributed by atoms with Crippen LogP contribution < -0.4 is 5.73 Å². The number of hydrogen-bond donors (Lipinski definition) is 2. The van der Waals surface area contributed by atoms with Gasteiger partial charge in [-0.15, -0.1) is 0 Å². The summed E-state index contributed by atoms with van der Waals surface area (Å²) in [7, 11) is -3.56. The molecule has 38 heavy (non-hydrogen) atoms. The van der Waals surface area contributed by atoms with Gasteiger partial charge >= 0.3 is 0 Å². The van der Waals surface area contributed by atoms with E-state index in [0.717, 1.165) is 39.6 Å². The monoisotopic (exact) mass is 529 g/mol. The molecule has 0 spiro atoms. The number of rotatable bonds is 7. The standard InChI is InChI=1S/C31H35N3O3S/c1-4-31(2,3)24-10-12-25(13-11-24)38(36,37)34-16-14-22(15-17-34)28-20-33-29-26(28)18-23(19-27(29)30(32)35)21-8-6-5-7-9-21/h5-13,18-20,22,33H,4,14-17H2,1-3H3,(H2,32,35). The normalized spacial score (nSPS) is 15.7. The summed E-state index contributed by atoms with van der Waals surface area (Å²) in [6.45, 7) is 7.37. The number of fused-ring (bicyclic) bond motifs is 1. The van der Waals surface area contributed by atoms with Crippen molar-refractivity contribution >= 4 is 26.8 Å². The summed E-state index contributed by atoms with van der Waals surface area (Å²) in [5, 5.41) is 0.968. The van der Waals surface area contributed by atoms with Crippen LogP contribution >= 0.6 is 0 Å². The summed E-state index contributed by atoms with van der Waals surface area (Å²) in [5.41, 5.74) is 11.1. The fourth-order valence-electron chi connectivity index (χ4n) is 5.42. The quantitative estimate of drug-likeness (QED) is 0.299. The minimum atomic E-state index is -3.56. The first-order valence-electron chi connectivity index (χ1n) is 13.2. The van der Waals surface area contributed by atoms with E-state index in [1.54, 1.807) is 16.4 Å². The van der Waals surface area contributed by atoms with Crippen molar-refractivity contribution in [3.63, 3.8) is 0 Å². The average molecular weight is 530 g/mol. The zero-order valence-electron chi connectivity index (χ0n) is 22.2. The van der Waals surface area contributed by atoms with Crippen LogP contribution in [0.1, 0.15) is 67.4 Å². The second kappa shape index (κ2) is 10.0. The molecule has 1 saturated heterocycles. The van der Waals surface area contributed by atoms with Gasteiger partial charge in [-0.2, -0.15) is 4.31 Å². The highest BCUT2D eigenvalue weighted by molar-refractivity contribution is 7.89. The number of H-pyrrole nitrogens is 1. The SMILES string of the molecule is CCC(C)(C)c1ccc(S(=O)(=O)N2CCC(c3c[nH]c4c(C(N)=O)cc(-c5ccccc5)cc34)CC2)cc1. The molecule has 1 amide bonds.